The number of ether oxygens (including phenoxy) is 8. The van der Waals surface area contributed by atoms with Crippen LogP contribution in [0.2, 0.25) is 0 Å². The smallest absolute Gasteiger partial charge is 0.308 e. The topological polar surface area (TPSA) is 204 Å². The molecule has 0 amide bonds. The average Bonchev–Trinajstić information content (AvgIpc) is 3.14. The van der Waals surface area contributed by atoms with E-state index in [9.17, 15) is 30.0 Å². The summed E-state index contributed by atoms with van der Waals surface area (Å²) < 4.78 is 49.8. The van der Waals surface area contributed by atoms with Crippen LogP contribution in [0.3, 0.4) is 0 Å². The number of aldehydes is 1. The Balaban J connectivity index is 1.66. The van der Waals surface area contributed by atoms with Gasteiger partial charge in [-0.25, -0.2) is 0 Å². The fourth-order valence-corrected chi connectivity index (χ4v) is 8.81. The molecule has 16 heteroatoms. The first kappa shape index (κ1) is 48.8. The lowest BCUT2D eigenvalue weighted by atomic mass is 9.82. The van der Waals surface area contributed by atoms with Crippen LogP contribution in [0.15, 0.2) is 24.3 Å². The van der Waals surface area contributed by atoms with Gasteiger partial charge in [0.1, 0.15) is 36.8 Å². The van der Waals surface area contributed by atoms with E-state index in [0.717, 1.165) is 12.7 Å². The van der Waals surface area contributed by atoms with Crippen molar-refractivity contribution in [2.45, 2.75) is 190 Å². The molecule has 5 N–H and O–H groups in total. The minimum absolute atomic E-state index is 0.00951. The summed E-state index contributed by atoms with van der Waals surface area (Å²) in [5.74, 6) is -1.47. The number of aliphatic hydroxyl groups is 4. The van der Waals surface area contributed by atoms with Gasteiger partial charge in [0.25, 0.3) is 0 Å². The second-order valence-electron chi connectivity index (χ2n) is 17.2. The van der Waals surface area contributed by atoms with Gasteiger partial charge >= 0.3 is 5.97 Å². The Hall–Kier alpha value is -1.90. The van der Waals surface area contributed by atoms with E-state index in [1.165, 1.54) is 14.0 Å². The zero-order chi connectivity index (χ0) is 42.9. The second-order valence-corrected chi connectivity index (χ2v) is 17.2. The van der Waals surface area contributed by atoms with Crippen LogP contribution < -0.4 is 5.32 Å². The maximum absolute atomic E-state index is 13.1. The molecule has 0 bridgehead atoms. The van der Waals surface area contributed by atoms with Crippen LogP contribution in [0.5, 0.6) is 0 Å². The predicted octanol–water partition coefficient (Wildman–Crippen LogP) is 1.98. The number of rotatable bonds is 11. The molecule has 0 aromatic carbocycles. The Kier molecular flexibility index (Phi) is 18.7. The molecule has 0 spiro atoms. The molecule has 334 valence electrons. The van der Waals surface area contributed by atoms with Crippen molar-refractivity contribution in [1.29, 1.82) is 0 Å². The zero-order valence-electron chi connectivity index (χ0n) is 36.0. The van der Waals surface area contributed by atoms with Crippen LogP contribution >= 0.6 is 0 Å². The van der Waals surface area contributed by atoms with Gasteiger partial charge in [-0.1, -0.05) is 31.2 Å². The van der Waals surface area contributed by atoms with Gasteiger partial charge < -0.3 is 73.3 Å². The van der Waals surface area contributed by atoms with Crippen molar-refractivity contribution in [1.82, 2.24) is 10.2 Å². The Morgan fingerprint density at radius 2 is 1.64 bits per heavy atom. The summed E-state index contributed by atoms with van der Waals surface area (Å²) in [4.78, 5) is 27.3. The molecule has 0 unspecified atom stereocenters. The maximum Gasteiger partial charge on any atom is 0.308 e. The number of allylic oxidation sites excluding steroid dienone is 2. The van der Waals surface area contributed by atoms with E-state index in [1.807, 2.05) is 45.2 Å². The average molecular weight is 829 g/mol. The van der Waals surface area contributed by atoms with Crippen molar-refractivity contribution in [3.63, 3.8) is 0 Å². The number of carbonyl (C=O) groups is 2. The number of aliphatic hydroxyl groups excluding tert-OH is 3. The van der Waals surface area contributed by atoms with Crippen molar-refractivity contribution in [2.75, 3.05) is 28.3 Å². The normalized spacial score (nSPS) is 46.3. The summed E-state index contributed by atoms with van der Waals surface area (Å²) in [6.07, 6.45) is -1.64. The highest BCUT2D eigenvalue weighted by Gasteiger charge is 2.52. The van der Waals surface area contributed by atoms with Crippen molar-refractivity contribution < 1.29 is 67.9 Å². The molecule has 3 fully saturated rings. The lowest BCUT2D eigenvalue weighted by Gasteiger charge is -2.50. The van der Waals surface area contributed by atoms with Gasteiger partial charge in [-0.2, -0.15) is 0 Å². The summed E-state index contributed by atoms with van der Waals surface area (Å²) >= 11 is 0. The molecule has 4 heterocycles. The summed E-state index contributed by atoms with van der Waals surface area (Å²) in [7, 11) is 6.86. The highest BCUT2D eigenvalue weighted by molar-refractivity contribution is 5.70. The van der Waals surface area contributed by atoms with Crippen molar-refractivity contribution in [3.05, 3.63) is 24.3 Å². The summed E-state index contributed by atoms with van der Waals surface area (Å²) in [5, 5.41) is 48.3. The van der Waals surface area contributed by atoms with Crippen LogP contribution in [0.1, 0.15) is 86.5 Å². The van der Waals surface area contributed by atoms with Crippen LogP contribution in [-0.2, 0) is 47.5 Å². The third-order valence-corrected chi connectivity index (χ3v) is 12.1. The zero-order valence-corrected chi connectivity index (χ0v) is 36.0. The molecule has 0 aliphatic carbocycles. The molecule has 4 rings (SSSR count). The Bertz CT molecular complexity index is 1330. The number of esters is 1. The van der Waals surface area contributed by atoms with E-state index < -0.39 is 110 Å². The Morgan fingerprint density at radius 1 is 0.931 bits per heavy atom. The first-order chi connectivity index (χ1) is 27.4. The predicted molar refractivity (Wildman–Crippen MR) is 212 cm³/mol. The summed E-state index contributed by atoms with van der Waals surface area (Å²) in [5.41, 5.74) is -1.47. The van der Waals surface area contributed by atoms with E-state index in [1.54, 1.807) is 39.8 Å². The highest BCUT2D eigenvalue weighted by Crippen LogP contribution is 2.37. The maximum atomic E-state index is 13.1. The van der Waals surface area contributed by atoms with E-state index in [0.29, 0.717) is 19.3 Å². The van der Waals surface area contributed by atoms with Gasteiger partial charge in [0.05, 0.1) is 54.7 Å². The van der Waals surface area contributed by atoms with E-state index in [-0.39, 0.29) is 30.9 Å². The monoisotopic (exact) mass is 828 g/mol. The van der Waals surface area contributed by atoms with Crippen molar-refractivity contribution in [3.8, 4) is 0 Å². The first-order valence-electron chi connectivity index (χ1n) is 20.9. The molecule has 3 saturated heterocycles. The third kappa shape index (κ3) is 12.8. The lowest BCUT2D eigenvalue weighted by Crippen LogP contribution is -2.65. The van der Waals surface area contributed by atoms with Crippen LogP contribution in [0.4, 0.5) is 0 Å². The minimum Gasteiger partial charge on any atom is -0.462 e. The molecule has 16 nitrogen and oxygen atoms in total. The van der Waals surface area contributed by atoms with Gasteiger partial charge in [-0.05, 0) is 86.9 Å². The Labute approximate surface area is 344 Å². The minimum atomic E-state index is -1.47. The van der Waals surface area contributed by atoms with Gasteiger partial charge in [0, 0.05) is 32.4 Å². The van der Waals surface area contributed by atoms with Crippen LogP contribution in [0.25, 0.3) is 0 Å². The summed E-state index contributed by atoms with van der Waals surface area (Å²) in [6.45, 7) is 10.7. The quantitative estimate of drug-likeness (QED) is 0.149. The Morgan fingerprint density at radius 3 is 2.26 bits per heavy atom. The number of hydrogen-bond acceptors (Lipinski definition) is 16. The molecule has 58 heavy (non-hydrogen) atoms. The third-order valence-electron chi connectivity index (χ3n) is 12.1. The molecule has 0 radical (unpaired) electrons. The number of methoxy groups -OCH3 is 1. The SMILES string of the molecule is CN[C@H]1CC[C@@H](O[C@H]2/C=C/C=C/C[C@@H](C)OC(=O)C[C@@H](O)[C@H](OC)[C@@H](O[C@@H]3O[C@H](C)[C@@H](O[C@H]4C[C@@](C)(O)[C@@H](O)[C@H](C)O4)[C@H](N(C)C)[C@H]3O)[C@@H](CC=O)C[C@H]2C)O[C@@H]1C. The molecular weight excluding hydrogens is 756 g/mol. The molecule has 0 saturated carbocycles. The largest absolute Gasteiger partial charge is 0.462 e. The number of likely N-dealkylation sites (N-methyl/N-ethyl adjacent to an activating group) is 2. The van der Waals surface area contributed by atoms with Crippen LogP contribution in [0, 0.1) is 11.8 Å². The van der Waals surface area contributed by atoms with Gasteiger partial charge in [0.2, 0.25) is 0 Å². The standard InChI is InChI=1S/C42H72N2O14/c1-23-20-28(18-19-45)38(58-41-36(48)35(44(8)9)37(26(4)55-41)57-34-22-42(6,50)40(49)27(5)54-34)39(51-10)30(46)21-32(47)52-24(2)14-12-11-13-15-31(23)56-33-17-16-29(43-7)25(3)53-33/h11-13,15,19,23-31,33-41,43,46,48-50H,14,16-18,20-22H2,1-10H3/b12-11+,15-13+/t23-,24-,25-,26-,27+,28+,29+,30-,31+,33-,34+,35-,36-,37-,38+,39+,40+,41+,42-/m1/s1. The molecule has 4 aliphatic rings. The van der Waals surface area contributed by atoms with Gasteiger partial charge in [-0.3, -0.25) is 4.79 Å². The molecule has 4 aliphatic heterocycles. The fraction of sp³-hybridized carbons (Fsp3) is 0.857. The summed E-state index contributed by atoms with van der Waals surface area (Å²) in [6, 6.07) is -0.516. The van der Waals surface area contributed by atoms with Gasteiger partial charge in [-0.15, -0.1) is 0 Å². The highest BCUT2D eigenvalue weighted by atomic mass is 16.7. The fourth-order valence-electron chi connectivity index (χ4n) is 8.81. The number of nitrogens with zero attached hydrogens (tertiary/aromatic N) is 1. The second kappa shape index (κ2) is 22.3. The molecular formula is C42H72N2O14. The number of carbonyl (C=O) groups excluding carboxylic acids is 2. The lowest BCUT2D eigenvalue weighted by molar-refractivity contribution is -0.344. The van der Waals surface area contributed by atoms with Gasteiger partial charge in [0.15, 0.2) is 18.9 Å². The number of nitrogens with one attached hydrogen (secondary N) is 1. The number of hydrogen-bond donors (Lipinski definition) is 5. The number of cyclic esters (lactones) is 1. The molecule has 0 aromatic rings. The van der Waals surface area contributed by atoms with Crippen molar-refractivity contribution in [2.24, 2.45) is 11.8 Å². The molecule has 19 atom stereocenters. The van der Waals surface area contributed by atoms with E-state index >= 15 is 0 Å². The van der Waals surface area contributed by atoms with E-state index in [2.05, 4.69) is 5.32 Å². The van der Waals surface area contributed by atoms with E-state index in [4.69, 9.17) is 37.9 Å². The first-order valence-corrected chi connectivity index (χ1v) is 20.9. The van der Waals surface area contributed by atoms with Crippen LogP contribution in [-0.4, -0.2) is 170 Å². The molecule has 0 aromatic heterocycles. The van der Waals surface area contributed by atoms with Crippen molar-refractivity contribution >= 4 is 12.3 Å².